The van der Waals surface area contributed by atoms with Crippen LogP contribution < -0.4 is 9.64 Å². The predicted molar refractivity (Wildman–Crippen MR) is 132 cm³/mol. The maximum atomic E-state index is 12.9. The number of imidazole rings is 1. The molecule has 1 atom stereocenters. The second-order valence-electron chi connectivity index (χ2n) is 8.49. The van der Waals surface area contributed by atoms with Gasteiger partial charge in [-0.25, -0.2) is 4.98 Å². The van der Waals surface area contributed by atoms with Crippen LogP contribution in [0.25, 0.3) is 11.0 Å². The highest BCUT2D eigenvalue weighted by Gasteiger charge is 2.35. The molecule has 3 aromatic carbocycles. The highest BCUT2D eigenvalue weighted by Crippen LogP contribution is 2.36. The largest absolute Gasteiger partial charge is 0.494 e. The van der Waals surface area contributed by atoms with Crippen molar-refractivity contribution in [1.82, 2.24) is 9.55 Å². The molecule has 0 unspecified atom stereocenters. The lowest BCUT2D eigenvalue weighted by Crippen LogP contribution is -2.24. The molecule has 0 spiro atoms. The summed E-state index contributed by atoms with van der Waals surface area (Å²) in [7, 11) is 0. The first-order chi connectivity index (χ1) is 16.1. The molecule has 5 nitrogen and oxygen atoms in total. The van der Waals surface area contributed by atoms with Crippen molar-refractivity contribution < 1.29 is 9.53 Å². The SMILES string of the molecule is Cc1cccc(OCCCn2c([C@H]3CC(=O)N(c4ccccc4Cl)C3)nc3ccccc32)c1. The monoisotopic (exact) mass is 459 g/mol. The minimum atomic E-state index is 0.0128. The number of hydrogen-bond donors (Lipinski definition) is 0. The molecule has 0 radical (unpaired) electrons. The van der Waals surface area contributed by atoms with Gasteiger partial charge in [0.05, 0.1) is 28.4 Å². The van der Waals surface area contributed by atoms with Crippen molar-refractivity contribution in [2.75, 3.05) is 18.1 Å². The molecule has 1 amide bonds. The Morgan fingerprint density at radius 1 is 1.06 bits per heavy atom. The Labute approximate surface area is 198 Å². The number of hydrogen-bond acceptors (Lipinski definition) is 3. The molecular weight excluding hydrogens is 434 g/mol. The van der Waals surface area contributed by atoms with Gasteiger partial charge in [0.15, 0.2) is 0 Å². The summed E-state index contributed by atoms with van der Waals surface area (Å²) < 4.78 is 8.21. The summed E-state index contributed by atoms with van der Waals surface area (Å²) in [6, 6.07) is 23.8. The number of amides is 1. The first-order valence-corrected chi connectivity index (χ1v) is 11.7. The topological polar surface area (TPSA) is 47.4 Å². The molecule has 0 aliphatic carbocycles. The lowest BCUT2D eigenvalue weighted by molar-refractivity contribution is -0.117. The highest BCUT2D eigenvalue weighted by atomic mass is 35.5. The minimum Gasteiger partial charge on any atom is -0.494 e. The third-order valence-corrected chi connectivity index (χ3v) is 6.42. The standard InChI is InChI=1S/C27H26ClN3O2/c1-19-8-6-9-21(16-19)33-15-7-14-30-25-13-5-3-11-23(25)29-27(30)20-17-26(32)31(18-20)24-12-4-2-10-22(24)28/h2-6,8-13,16,20H,7,14-15,17-18H2,1H3/t20-/m0/s1. The number of aryl methyl sites for hydroxylation is 2. The Morgan fingerprint density at radius 3 is 2.73 bits per heavy atom. The maximum absolute atomic E-state index is 12.9. The molecule has 1 aromatic heterocycles. The molecule has 1 aliphatic rings. The lowest BCUT2D eigenvalue weighted by Gasteiger charge is -2.18. The van der Waals surface area contributed by atoms with Crippen LogP contribution in [0.2, 0.25) is 5.02 Å². The van der Waals surface area contributed by atoms with Crippen molar-refractivity contribution in [2.45, 2.75) is 32.2 Å². The lowest BCUT2D eigenvalue weighted by atomic mass is 10.1. The first-order valence-electron chi connectivity index (χ1n) is 11.3. The number of carbonyl (C=O) groups is 1. The number of rotatable bonds is 7. The van der Waals surface area contributed by atoms with Crippen molar-refractivity contribution in [3.63, 3.8) is 0 Å². The molecule has 2 heterocycles. The Bertz CT molecular complexity index is 1300. The van der Waals surface area contributed by atoms with E-state index in [4.69, 9.17) is 21.3 Å². The van der Waals surface area contributed by atoms with Crippen LogP contribution >= 0.6 is 11.6 Å². The van der Waals surface area contributed by atoms with E-state index in [9.17, 15) is 4.79 Å². The van der Waals surface area contributed by atoms with Gasteiger partial charge in [0.1, 0.15) is 11.6 Å². The van der Waals surface area contributed by atoms with E-state index < -0.39 is 0 Å². The van der Waals surface area contributed by atoms with E-state index in [1.54, 1.807) is 4.90 Å². The second-order valence-corrected chi connectivity index (χ2v) is 8.89. The van der Waals surface area contributed by atoms with E-state index in [-0.39, 0.29) is 11.8 Å². The van der Waals surface area contributed by atoms with E-state index in [0.717, 1.165) is 41.3 Å². The minimum absolute atomic E-state index is 0.0128. The zero-order chi connectivity index (χ0) is 22.8. The number of para-hydroxylation sites is 3. The molecule has 33 heavy (non-hydrogen) atoms. The van der Waals surface area contributed by atoms with Gasteiger partial charge in [0.25, 0.3) is 0 Å². The second kappa shape index (κ2) is 9.28. The molecule has 1 saturated heterocycles. The van der Waals surface area contributed by atoms with Crippen molar-refractivity contribution in [1.29, 1.82) is 0 Å². The Morgan fingerprint density at radius 2 is 1.88 bits per heavy atom. The fraction of sp³-hybridized carbons (Fsp3) is 0.259. The van der Waals surface area contributed by atoms with Crippen LogP contribution in [-0.2, 0) is 11.3 Å². The zero-order valence-corrected chi connectivity index (χ0v) is 19.3. The quantitative estimate of drug-likeness (QED) is 0.319. The van der Waals surface area contributed by atoms with Crippen LogP contribution in [0, 0.1) is 6.92 Å². The predicted octanol–water partition coefficient (Wildman–Crippen LogP) is 5.99. The van der Waals surface area contributed by atoms with Gasteiger partial charge in [0.2, 0.25) is 5.91 Å². The fourth-order valence-electron chi connectivity index (χ4n) is 4.54. The summed E-state index contributed by atoms with van der Waals surface area (Å²) in [5, 5.41) is 0.591. The molecule has 4 aromatic rings. The average Bonchev–Trinajstić information content (AvgIpc) is 3.37. The summed E-state index contributed by atoms with van der Waals surface area (Å²) in [4.78, 5) is 19.6. The van der Waals surface area contributed by atoms with E-state index in [1.165, 1.54) is 5.56 Å². The third kappa shape index (κ3) is 4.46. The molecule has 168 valence electrons. The summed E-state index contributed by atoms with van der Waals surface area (Å²) >= 11 is 6.37. The molecule has 0 bridgehead atoms. The van der Waals surface area contributed by atoms with Gasteiger partial charge in [-0.05, 0) is 55.3 Å². The number of halogens is 1. The van der Waals surface area contributed by atoms with Gasteiger partial charge in [0, 0.05) is 25.4 Å². The average molecular weight is 460 g/mol. The fourth-order valence-corrected chi connectivity index (χ4v) is 4.78. The summed E-state index contributed by atoms with van der Waals surface area (Å²) in [5.41, 5.74) is 3.99. The normalized spacial score (nSPS) is 16.0. The van der Waals surface area contributed by atoms with Crippen molar-refractivity contribution >= 4 is 34.2 Å². The molecule has 1 fully saturated rings. The third-order valence-electron chi connectivity index (χ3n) is 6.10. The first kappa shape index (κ1) is 21.5. The van der Waals surface area contributed by atoms with Gasteiger partial charge < -0.3 is 14.2 Å². The van der Waals surface area contributed by atoms with E-state index in [2.05, 4.69) is 23.6 Å². The number of fused-ring (bicyclic) bond motifs is 1. The summed E-state index contributed by atoms with van der Waals surface area (Å²) in [6.07, 6.45) is 1.27. The van der Waals surface area contributed by atoms with Gasteiger partial charge in [-0.1, -0.05) is 48.0 Å². The molecule has 0 saturated carbocycles. The Hall–Kier alpha value is -3.31. The Balaban J connectivity index is 1.36. The number of nitrogens with zero attached hydrogens (tertiary/aromatic N) is 3. The van der Waals surface area contributed by atoms with Crippen LogP contribution in [0.1, 0.15) is 30.1 Å². The van der Waals surface area contributed by atoms with Crippen LogP contribution in [0.4, 0.5) is 5.69 Å². The van der Waals surface area contributed by atoms with Gasteiger partial charge >= 0.3 is 0 Å². The van der Waals surface area contributed by atoms with Crippen LogP contribution in [0.5, 0.6) is 5.75 Å². The van der Waals surface area contributed by atoms with Crippen molar-refractivity contribution in [3.8, 4) is 5.75 Å². The van der Waals surface area contributed by atoms with Crippen LogP contribution in [0.15, 0.2) is 72.8 Å². The van der Waals surface area contributed by atoms with E-state index in [0.29, 0.717) is 24.6 Å². The van der Waals surface area contributed by atoms with Crippen LogP contribution in [0.3, 0.4) is 0 Å². The number of benzene rings is 3. The number of aromatic nitrogens is 2. The van der Waals surface area contributed by atoms with Crippen LogP contribution in [-0.4, -0.2) is 28.6 Å². The summed E-state index contributed by atoms with van der Waals surface area (Å²) in [5.74, 6) is 1.94. The molecule has 0 N–H and O–H groups in total. The van der Waals surface area contributed by atoms with Crippen molar-refractivity contribution in [3.05, 3.63) is 89.2 Å². The molecule has 1 aliphatic heterocycles. The smallest absolute Gasteiger partial charge is 0.227 e. The summed E-state index contributed by atoms with van der Waals surface area (Å²) in [6.45, 7) is 4.03. The zero-order valence-electron chi connectivity index (χ0n) is 18.6. The molecule has 6 heteroatoms. The van der Waals surface area contributed by atoms with Gasteiger partial charge in [-0.2, -0.15) is 0 Å². The van der Waals surface area contributed by atoms with Crippen molar-refractivity contribution in [2.24, 2.45) is 0 Å². The van der Waals surface area contributed by atoms with E-state index >= 15 is 0 Å². The number of carbonyl (C=O) groups excluding carboxylic acids is 1. The van der Waals surface area contributed by atoms with Gasteiger partial charge in [-0.15, -0.1) is 0 Å². The number of anilines is 1. The van der Waals surface area contributed by atoms with E-state index in [1.807, 2.05) is 60.7 Å². The Kier molecular flexibility index (Phi) is 6.05. The molecule has 5 rings (SSSR count). The highest BCUT2D eigenvalue weighted by molar-refractivity contribution is 6.33. The van der Waals surface area contributed by atoms with Gasteiger partial charge in [-0.3, -0.25) is 4.79 Å². The molecular formula is C27H26ClN3O2. The number of ether oxygens (including phenoxy) is 1. The maximum Gasteiger partial charge on any atom is 0.227 e.